The standard InChI is InChI=1S/C21H17ClN8OS/c1-13(11-30-12-25-28-29-30)31-18-8-14(6-7-16(18)22)15-9-23-20(24-10-15)27-21-26-17-4-2-3-5-19(17)32-21/h2-10,12-13H,11H2,1H3,(H,23,24,26,27)/t13-/m0/s1. The minimum Gasteiger partial charge on any atom is -0.487 e. The summed E-state index contributed by atoms with van der Waals surface area (Å²) in [4.78, 5) is 13.4. The van der Waals surface area contributed by atoms with Crippen LogP contribution >= 0.6 is 22.9 Å². The van der Waals surface area contributed by atoms with Crippen molar-refractivity contribution in [3.05, 3.63) is 66.2 Å². The Balaban J connectivity index is 1.30. The quantitative estimate of drug-likeness (QED) is 0.372. The molecule has 5 aromatic rings. The second kappa shape index (κ2) is 8.85. The number of para-hydroxylation sites is 1. The minimum absolute atomic E-state index is 0.178. The molecule has 0 fully saturated rings. The highest BCUT2D eigenvalue weighted by atomic mass is 35.5. The van der Waals surface area contributed by atoms with Crippen LogP contribution in [-0.4, -0.2) is 41.3 Å². The molecule has 0 radical (unpaired) electrons. The molecule has 9 nitrogen and oxygen atoms in total. The molecular formula is C21H17ClN8OS. The number of tetrazole rings is 1. The van der Waals surface area contributed by atoms with Gasteiger partial charge < -0.3 is 10.1 Å². The molecule has 11 heteroatoms. The van der Waals surface area contributed by atoms with Gasteiger partial charge in [0.05, 0.1) is 21.8 Å². The van der Waals surface area contributed by atoms with E-state index in [1.165, 1.54) is 0 Å². The van der Waals surface area contributed by atoms with Crippen LogP contribution in [0, 0.1) is 0 Å². The fraction of sp³-hybridized carbons (Fsp3) is 0.143. The molecule has 3 heterocycles. The van der Waals surface area contributed by atoms with E-state index in [1.807, 2.05) is 43.3 Å². The number of fused-ring (bicyclic) bond motifs is 1. The maximum Gasteiger partial charge on any atom is 0.228 e. The number of hydrogen-bond donors (Lipinski definition) is 1. The summed E-state index contributed by atoms with van der Waals surface area (Å²) < 4.78 is 8.71. The van der Waals surface area contributed by atoms with Crippen molar-refractivity contribution in [2.24, 2.45) is 0 Å². The van der Waals surface area contributed by atoms with Gasteiger partial charge in [0.15, 0.2) is 5.13 Å². The van der Waals surface area contributed by atoms with Gasteiger partial charge in [-0.1, -0.05) is 41.1 Å². The molecule has 0 spiro atoms. The summed E-state index contributed by atoms with van der Waals surface area (Å²) in [5.74, 6) is 1.05. The molecule has 0 aliphatic heterocycles. The van der Waals surface area contributed by atoms with E-state index in [1.54, 1.807) is 40.8 Å². The van der Waals surface area contributed by atoms with E-state index in [-0.39, 0.29) is 6.10 Å². The van der Waals surface area contributed by atoms with Crippen molar-refractivity contribution in [2.45, 2.75) is 19.6 Å². The topological polar surface area (TPSA) is 104 Å². The monoisotopic (exact) mass is 464 g/mol. The number of ether oxygens (including phenoxy) is 1. The Kier molecular flexibility index (Phi) is 5.61. The van der Waals surface area contributed by atoms with Crippen molar-refractivity contribution in [3.8, 4) is 16.9 Å². The number of halogens is 1. The molecule has 32 heavy (non-hydrogen) atoms. The van der Waals surface area contributed by atoms with Crippen LogP contribution in [0.2, 0.25) is 5.02 Å². The predicted molar refractivity (Wildman–Crippen MR) is 123 cm³/mol. The van der Waals surface area contributed by atoms with Crippen molar-refractivity contribution in [3.63, 3.8) is 0 Å². The highest BCUT2D eigenvalue weighted by Crippen LogP contribution is 2.32. The minimum atomic E-state index is -0.178. The first-order valence-electron chi connectivity index (χ1n) is 9.76. The SMILES string of the molecule is C[C@@H](Cn1cnnn1)Oc1cc(-c2cnc(Nc3nc4ccccc4s3)nc2)ccc1Cl. The van der Waals surface area contributed by atoms with E-state index in [4.69, 9.17) is 16.3 Å². The smallest absolute Gasteiger partial charge is 0.228 e. The number of hydrogen-bond acceptors (Lipinski definition) is 9. The Morgan fingerprint density at radius 2 is 1.97 bits per heavy atom. The average molecular weight is 465 g/mol. The van der Waals surface area contributed by atoms with Gasteiger partial charge in [0.1, 0.15) is 18.2 Å². The maximum atomic E-state index is 6.34. The first-order valence-corrected chi connectivity index (χ1v) is 11.0. The third-order valence-corrected chi connectivity index (χ3v) is 5.86. The van der Waals surface area contributed by atoms with Gasteiger partial charge >= 0.3 is 0 Å². The van der Waals surface area contributed by atoms with Gasteiger partial charge in [0.25, 0.3) is 0 Å². The van der Waals surface area contributed by atoms with Crippen molar-refractivity contribution in [2.75, 3.05) is 5.32 Å². The van der Waals surface area contributed by atoms with E-state index >= 15 is 0 Å². The highest BCUT2D eigenvalue weighted by Gasteiger charge is 2.12. The lowest BCUT2D eigenvalue weighted by atomic mass is 10.1. The van der Waals surface area contributed by atoms with Gasteiger partial charge in [0.2, 0.25) is 5.95 Å². The predicted octanol–water partition coefficient (Wildman–Crippen LogP) is 4.60. The number of rotatable bonds is 7. The van der Waals surface area contributed by atoms with Gasteiger partial charge in [0, 0.05) is 18.0 Å². The van der Waals surface area contributed by atoms with Gasteiger partial charge in [-0.2, -0.15) is 0 Å². The third-order valence-electron chi connectivity index (χ3n) is 4.59. The second-order valence-corrected chi connectivity index (χ2v) is 8.45. The molecule has 1 N–H and O–H groups in total. The molecule has 0 saturated carbocycles. The Morgan fingerprint density at radius 3 is 2.75 bits per heavy atom. The Morgan fingerprint density at radius 1 is 1.12 bits per heavy atom. The molecule has 0 unspecified atom stereocenters. The molecule has 0 aliphatic rings. The lowest BCUT2D eigenvalue weighted by molar-refractivity contribution is 0.193. The number of nitrogens with zero attached hydrogens (tertiary/aromatic N) is 7. The van der Waals surface area contributed by atoms with Crippen molar-refractivity contribution in [1.82, 2.24) is 35.2 Å². The van der Waals surface area contributed by atoms with Gasteiger partial charge in [-0.15, -0.1) is 5.10 Å². The molecule has 0 saturated heterocycles. The van der Waals surface area contributed by atoms with E-state index in [2.05, 4.69) is 35.8 Å². The van der Waals surface area contributed by atoms with Gasteiger partial charge in [-0.3, -0.25) is 0 Å². The van der Waals surface area contributed by atoms with Crippen LogP contribution in [0.15, 0.2) is 61.2 Å². The van der Waals surface area contributed by atoms with Crippen LogP contribution in [-0.2, 0) is 6.54 Å². The van der Waals surface area contributed by atoms with Crippen molar-refractivity contribution in [1.29, 1.82) is 0 Å². The zero-order valence-electron chi connectivity index (χ0n) is 16.9. The number of thiazole rings is 1. The summed E-state index contributed by atoms with van der Waals surface area (Å²) in [7, 11) is 0. The average Bonchev–Trinajstić information content (AvgIpc) is 3.45. The summed E-state index contributed by atoms with van der Waals surface area (Å²) >= 11 is 7.89. The molecule has 0 amide bonds. The first kappa shape index (κ1) is 20.3. The summed E-state index contributed by atoms with van der Waals surface area (Å²) in [5.41, 5.74) is 2.68. The second-order valence-electron chi connectivity index (χ2n) is 7.01. The molecule has 0 bridgehead atoms. The normalized spacial score (nSPS) is 12.1. The van der Waals surface area contributed by atoms with Crippen LogP contribution in [0.3, 0.4) is 0 Å². The Labute approximate surface area is 192 Å². The number of benzene rings is 2. The molecule has 160 valence electrons. The summed E-state index contributed by atoms with van der Waals surface area (Å²) in [6, 6.07) is 13.5. The lowest BCUT2D eigenvalue weighted by Gasteiger charge is -2.16. The molecule has 2 aromatic carbocycles. The zero-order valence-corrected chi connectivity index (χ0v) is 18.5. The summed E-state index contributed by atoms with van der Waals surface area (Å²) in [5, 5.41) is 15.5. The maximum absolute atomic E-state index is 6.34. The lowest BCUT2D eigenvalue weighted by Crippen LogP contribution is -2.20. The molecular weight excluding hydrogens is 448 g/mol. The van der Waals surface area contributed by atoms with Crippen LogP contribution in [0.25, 0.3) is 21.3 Å². The molecule has 5 rings (SSSR count). The van der Waals surface area contributed by atoms with Crippen LogP contribution in [0.1, 0.15) is 6.92 Å². The van der Waals surface area contributed by atoms with Gasteiger partial charge in [-0.25, -0.2) is 19.6 Å². The van der Waals surface area contributed by atoms with Crippen LogP contribution < -0.4 is 10.1 Å². The largest absolute Gasteiger partial charge is 0.487 e. The van der Waals surface area contributed by atoms with E-state index < -0.39 is 0 Å². The van der Waals surface area contributed by atoms with Gasteiger partial charge in [-0.05, 0) is 47.2 Å². The van der Waals surface area contributed by atoms with E-state index in [9.17, 15) is 0 Å². The van der Waals surface area contributed by atoms with Crippen LogP contribution in [0.4, 0.5) is 11.1 Å². The number of nitrogens with one attached hydrogen (secondary N) is 1. The third kappa shape index (κ3) is 4.51. The van der Waals surface area contributed by atoms with Crippen molar-refractivity contribution < 1.29 is 4.74 Å². The molecule has 0 aliphatic carbocycles. The van der Waals surface area contributed by atoms with Crippen molar-refractivity contribution >= 4 is 44.2 Å². The fourth-order valence-corrected chi connectivity index (χ4v) is 4.14. The summed E-state index contributed by atoms with van der Waals surface area (Å²) in [6.45, 7) is 2.43. The Bertz CT molecular complexity index is 1310. The first-order chi connectivity index (χ1) is 15.6. The van der Waals surface area contributed by atoms with E-state index in [0.29, 0.717) is 23.3 Å². The number of anilines is 2. The van der Waals surface area contributed by atoms with E-state index in [0.717, 1.165) is 26.5 Å². The fourth-order valence-electron chi connectivity index (χ4n) is 3.12. The summed E-state index contributed by atoms with van der Waals surface area (Å²) in [6.07, 6.45) is 4.86. The van der Waals surface area contributed by atoms with Crippen LogP contribution in [0.5, 0.6) is 5.75 Å². The number of aromatic nitrogens is 7. The highest BCUT2D eigenvalue weighted by molar-refractivity contribution is 7.22. The zero-order chi connectivity index (χ0) is 21.9. The molecule has 1 atom stereocenters. The molecule has 3 aromatic heterocycles. The Hall–Kier alpha value is -3.63.